The lowest BCUT2D eigenvalue weighted by molar-refractivity contribution is 0.580. The van der Waals surface area contributed by atoms with Crippen molar-refractivity contribution in [1.82, 2.24) is 0 Å². The van der Waals surface area contributed by atoms with Gasteiger partial charge in [-0.05, 0) is 0 Å². The summed E-state index contributed by atoms with van der Waals surface area (Å²) in [5, 5.41) is 4.33. The molecule has 0 amide bonds. The number of rotatable bonds is 0. The molecular weight excluding hydrogens is 86.1 g/mol. The van der Waals surface area contributed by atoms with Gasteiger partial charge in [0.2, 0.25) is 0 Å². The van der Waals surface area contributed by atoms with Crippen molar-refractivity contribution >= 4 is 0 Å². The Kier molecular flexibility index (Phi) is 1.69. The zero-order chi connectivity index (χ0) is 5.11. The van der Waals surface area contributed by atoms with Crippen molar-refractivity contribution in [3.63, 3.8) is 0 Å². The normalized spacial score (nSPS) is 33.0. The monoisotopic (exact) mass is 98.1 g/mol. The van der Waals surface area contributed by atoms with E-state index in [4.69, 9.17) is 0 Å². The van der Waals surface area contributed by atoms with Gasteiger partial charge < -0.3 is 5.32 Å². The molecule has 1 atom stereocenters. The Labute approximate surface area is 45.1 Å². The number of nitrogens with zero attached hydrogens (tertiary/aromatic N) is 1. The van der Waals surface area contributed by atoms with Gasteiger partial charge in [-0.15, -0.1) is 12.6 Å². The van der Waals surface area contributed by atoms with Crippen molar-refractivity contribution in [1.29, 1.82) is 0 Å². The van der Waals surface area contributed by atoms with Crippen molar-refractivity contribution in [2.45, 2.75) is 32.2 Å². The van der Waals surface area contributed by atoms with E-state index >= 15 is 0 Å². The Morgan fingerprint density at radius 3 is 2.57 bits per heavy atom. The highest BCUT2D eigenvalue weighted by Crippen LogP contribution is 2.15. The van der Waals surface area contributed by atoms with Crippen LogP contribution in [0.1, 0.15) is 26.2 Å². The van der Waals surface area contributed by atoms with Crippen LogP contribution < -0.4 is 0 Å². The molecule has 1 heterocycles. The molecule has 0 radical (unpaired) electrons. The molecule has 1 rings (SSSR count). The van der Waals surface area contributed by atoms with Gasteiger partial charge >= 0.3 is 0 Å². The van der Waals surface area contributed by atoms with E-state index in [0.29, 0.717) is 6.04 Å². The molecule has 0 N–H and O–H groups in total. The Balaban J connectivity index is 2.12. The Morgan fingerprint density at radius 1 is 1.43 bits per heavy atom. The van der Waals surface area contributed by atoms with Crippen LogP contribution in [0.2, 0.25) is 0 Å². The van der Waals surface area contributed by atoms with Crippen molar-refractivity contribution in [2.75, 3.05) is 6.54 Å². The van der Waals surface area contributed by atoms with E-state index < -0.39 is 0 Å². The number of hydrogen-bond acceptors (Lipinski definition) is 0. The molecule has 0 saturated carbocycles. The lowest BCUT2D eigenvalue weighted by Gasteiger charge is -2.33. The Hall–Kier alpha value is -0.0400. The second kappa shape index (κ2) is 2.31. The maximum atomic E-state index is 4.33. The van der Waals surface area contributed by atoms with E-state index in [1.807, 2.05) is 0 Å². The van der Waals surface area contributed by atoms with Crippen LogP contribution in [0.4, 0.5) is 0 Å². The summed E-state index contributed by atoms with van der Waals surface area (Å²) >= 11 is 0. The summed E-state index contributed by atoms with van der Waals surface area (Å²) in [5.74, 6) is 0. The standard InChI is InChI=1S/C6H12N/c1-6-4-2-3-5-7-6/h6H,2-5H2,1H3/q-1. The van der Waals surface area contributed by atoms with E-state index in [2.05, 4.69) is 12.2 Å². The average molecular weight is 98.2 g/mol. The van der Waals surface area contributed by atoms with Gasteiger partial charge in [-0.3, -0.25) is 0 Å². The molecule has 0 aliphatic carbocycles. The molecule has 1 heteroatoms. The Morgan fingerprint density at radius 2 is 2.29 bits per heavy atom. The zero-order valence-corrected chi connectivity index (χ0v) is 4.85. The molecule has 1 fully saturated rings. The van der Waals surface area contributed by atoms with E-state index in [-0.39, 0.29) is 0 Å². The summed E-state index contributed by atoms with van der Waals surface area (Å²) in [6.07, 6.45) is 4.04. The maximum absolute atomic E-state index is 4.33. The van der Waals surface area contributed by atoms with Gasteiger partial charge in [-0.2, -0.15) is 0 Å². The topological polar surface area (TPSA) is 14.1 Å². The first-order valence-electron chi connectivity index (χ1n) is 3.06. The minimum Gasteiger partial charge on any atom is -0.660 e. The second-order valence-electron chi connectivity index (χ2n) is 2.25. The smallest absolute Gasteiger partial charge is 0.0563 e. The highest BCUT2D eigenvalue weighted by Gasteiger charge is 1.93. The van der Waals surface area contributed by atoms with Crippen molar-refractivity contribution < 1.29 is 0 Å². The predicted molar refractivity (Wildman–Crippen MR) is 31.5 cm³/mol. The Bertz CT molecular complexity index is 46.1. The summed E-state index contributed by atoms with van der Waals surface area (Å²) in [6.45, 7) is 3.31. The van der Waals surface area contributed by atoms with Gasteiger partial charge in [0.25, 0.3) is 0 Å². The van der Waals surface area contributed by atoms with Gasteiger partial charge in [0, 0.05) is 0 Å². The molecule has 0 bridgehead atoms. The lowest BCUT2D eigenvalue weighted by Crippen LogP contribution is -2.07. The molecule has 0 aromatic heterocycles. The van der Waals surface area contributed by atoms with Crippen LogP contribution in [0.25, 0.3) is 5.32 Å². The predicted octanol–water partition coefficient (Wildman–Crippen LogP) is 1.93. The largest absolute Gasteiger partial charge is 0.660 e. The highest BCUT2D eigenvalue weighted by atomic mass is 14.9. The summed E-state index contributed by atoms with van der Waals surface area (Å²) in [4.78, 5) is 0. The lowest BCUT2D eigenvalue weighted by atomic mass is 10.1. The fourth-order valence-corrected chi connectivity index (χ4v) is 0.955. The molecule has 1 unspecified atom stereocenters. The van der Waals surface area contributed by atoms with Gasteiger partial charge in [-0.25, -0.2) is 0 Å². The first kappa shape index (κ1) is 5.10. The second-order valence-corrected chi connectivity index (χ2v) is 2.25. The fourth-order valence-electron chi connectivity index (χ4n) is 0.955. The van der Waals surface area contributed by atoms with Crippen LogP contribution in [0.3, 0.4) is 0 Å². The fraction of sp³-hybridized carbons (Fsp3) is 1.00. The molecule has 0 aromatic rings. The summed E-state index contributed by atoms with van der Waals surface area (Å²) in [7, 11) is 0. The minimum atomic E-state index is 0.661. The summed E-state index contributed by atoms with van der Waals surface area (Å²) in [5.41, 5.74) is 0. The van der Waals surface area contributed by atoms with Crippen LogP contribution in [-0.2, 0) is 0 Å². The van der Waals surface area contributed by atoms with Crippen LogP contribution in [0, 0.1) is 0 Å². The van der Waals surface area contributed by atoms with E-state index in [1.54, 1.807) is 0 Å². The van der Waals surface area contributed by atoms with Crippen molar-refractivity contribution in [2.24, 2.45) is 0 Å². The van der Waals surface area contributed by atoms with E-state index in [0.717, 1.165) is 6.54 Å². The molecule has 0 spiro atoms. The third-order valence-corrected chi connectivity index (χ3v) is 1.47. The van der Waals surface area contributed by atoms with Gasteiger partial charge in [-0.1, -0.05) is 26.2 Å². The SMILES string of the molecule is CC1CCCC[N-]1. The summed E-state index contributed by atoms with van der Waals surface area (Å²) in [6, 6.07) is 0.661. The molecular formula is C6H12N-. The van der Waals surface area contributed by atoms with Crippen molar-refractivity contribution in [3.05, 3.63) is 5.32 Å². The average Bonchev–Trinajstić information content (AvgIpc) is 1.69. The van der Waals surface area contributed by atoms with Crippen molar-refractivity contribution in [3.8, 4) is 0 Å². The minimum absolute atomic E-state index is 0.661. The third kappa shape index (κ3) is 1.48. The molecule has 42 valence electrons. The first-order chi connectivity index (χ1) is 3.39. The van der Waals surface area contributed by atoms with Crippen LogP contribution in [0.15, 0.2) is 0 Å². The van der Waals surface area contributed by atoms with Gasteiger partial charge in [0.15, 0.2) is 0 Å². The molecule has 1 aliphatic heterocycles. The number of hydrogen-bond donors (Lipinski definition) is 0. The van der Waals surface area contributed by atoms with Gasteiger partial charge in [0.05, 0.1) is 0 Å². The third-order valence-electron chi connectivity index (χ3n) is 1.47. The van der Waals surface area contributed by atoms with Crippen LogP contribution >= 0.6 is 0 Å². The highest BCUT2D eigenvalue weighted by molar-refractivity contribution is 4.91. The van der Waals surface area contributed by atoms with Gasteiger partial charge in [0.1, 0.15) is 0 Å². The quantitative estimate of drug-likeness (QED) is 0.439. The van der Waals surface area contributed by atoms with E-state index in [9.17, 15) is 0 Å². The maximum Gasteiger partial charge on any atom is -0.0563 e. The molecule has 1 saturated heterocycles. The van der Waals surface area contributed by atoms with Crippen LogP contribution in [0.5, 0.6) is 0 Å². The number of piperidine rings is 1. The summed E-state index contributed by atoms with van der Waals surface area (Å²) < 4.78 is 0. The molecule has 0 aromatic carbocycles. The van der Waals surface area contributed by atoms with E-state index in [1.165, 1.54) is 19.3 Å². The molecule has 1 aliphatic rings. The van der Waals surface area contributed by atoms with Crippen LogP contribution in [-0.4, -0.2) is 12.6 Å². The zero-order valence-electron chi connectivity index (χ0n) is 4.85. The molecule has 7 heavy (non-hydrogen) atoms. The molecule has 1 nitrogen and oxygen atoms in total. The first-order valence-corrected chi connectivity index (χ1v) is 3.06.